The standard InChI is InChI=1S/C42H40I2O10/c1-40(2,3)52-37(45)48-25-12-14-27-22(18-25)10-16-31-33(27)35(29-20-24(43)21-30(44)36(29)51-39(47)54-42(7,8)9)34-28-15-13-26(49-38(46)53-41(4,5)6)19-23(28)11-17-32(34)50-31/h10-21,35H,1-9H3. The van der Waals surface area contributed by atoms with Crippen LogP contribution in [0.25, 0.3) is 21.5 Å². The van der Waals surface area contributed by atoms with Gasteiger partial charge in [0.2, 0.25) is 0 Å². The molecule has 0 N–H and O–H groups in total. The van der Waals surface area contributed by atoms with Crippen molar-refractivity contribution < 1.29 is 47.5 Å². The number of halogens is 2. The molecule has 0 radical (unpaired) electrons. The van der Waals surface area contributed by atoms with E-state index >= 15 is 0 Å². The number of hydrogen-bond donors (Lipinski definition) is 0. The second kappa shape index (κ2) is 14.7. The van der Waals surface area contributed by atoms with Crippen LogP contribution in [-0.4, -0.2) is 35.3 Å². The zero-order valence-corrected chi connectivity index (χ0v) is 35.7. The first kappa shape index (κ1) is 39.4. The van der Waals surface area contributed by atoms with Gasteiger partial charge in [0.15, 0.2) is 5.75 Å². The van der Waals surface area contributed by atoms with E-state index in [1.807, 2.05) is 48.5 Å². The summed E-state index contributed by atoms with van der Waals surface area (Å²) in [5.41, 5.74) is 0.0786. The minimum atomic E-state index is -0.834. The van der Waals surface area contributed by atoms with Crippen LogP contribution in [0.15, 0.2) is 72.8 Å². The Balaban J connectivity index is 1.56. The lowest BCUT2D eigenvalue weighted by atomic mass is 9.78. The Morgan fingerprint density at radius 1 is 0.556 bits per heavy atom. The number of fused-ring (bicyclic) bond motifs is 6. The Kier molecular flexibility index (Phi) is 10.7. The van der Waals surface area contributed by atoms with Crippen molar-refractivity contribution in [3.8, 4) is 28.7 Å². The average Bonchev–Trinajstić information content (AvgIpc) is 3.01. The van der Waals surface area contributed by atoms with Crippen LogP contribution in [0, 0.1) is 7.14 Å². The van der Waals surface area contributed by atoms with Crippen LogP contribution in [0.4, 0.5) is 14.4 Å². The van der Waals surface area contributed by atoms with Gasteiger partial charge in [-0.2, -0.15) is 0 Å². The second-order valence-electron chi connectivity index (χ2n) is 15.8. The average molecular weight is 959 g/mol. The van der Waals surface area contributed by atoms with Crippen molar-refractivity contribution in [1.82, 2.24) is 0 Å². The fraction of sp³-hybridized carbons (Fsp3) is 0.310. The molecule has 0 spiro atoms. The van der Waals surface area contributed by atoms with Crippen LogP contribution in [-0.2, 0) is 14.2 Å². The smallest absolute Gasteiger partial charge is 0.457 e. The van der Waals surface area contributed by atoms with Crippen molar-refractivity contribution in [3.05, 3.63) is 96.6 Å². The molecular formula is C42H40I2O10. The zero-order valence-electron chi connectivity index (χ0n) is 31.3. The van der Waals surface area contributed by atoms with E-state index in [4.69, 9.17) is 33.2 Å². The molecule has 0 aliphatic carbocycles. The summed E-state index contributed by atoms with van der Waals surface area (Å²) in [5.74, 6) is 1.62. The van der Waals surface area contributed by atoms with Gasteiger partial charge in [-0.3, -0.25) is 0 Å². The van der Waals surface area contributed by atoms with Gasteiger partial charge in [-0.25, -0.2) is 14.4 Å². The van der Waals surface area contributed by atoms with Crippen molar-refractivity contribution in [1.29, 1.82) is 0 Å². The highest BCUT2D eigenvalue weighted by molar-refractivity contribution is 14.1. The van der Waals surface area contributed by atoms with Crippen molar-refractivity contribution in [2.75, 3.05) is 0 Å². The lowest BCUT2D eigenvalue weighted by Crippen LogP contribution is -2.26. The topological polar surface area (TPSA) is 116 Å². The highest BCUT2D eigenvalue weighted by atomic mass is 127. The van der Waals surface area contributed by atoms with E-state index in [1.54, 1.807) is 86.6 Å². The summed E-state index contributed by atoms with van der Waals surface area (Å²) in [5, 5.41) is 3.18. The van der Waals surface area contributed by atoms with Crippen molar-refractivity contribution in [3.63, 3.8) is 0 Å². The van der Waals surface area contributed by atoms with Crippen molar-refractivity contribution >= 4 is 85.2 Å². The molecule has 0 aromatic heterocycles. The molecule has 54 heavy (non-hydrogen) atoms. The molecular weight excluding hydrogens is 918 g/mol. The number of carbonyl (C=O) groups excluding carboxylic acids is 3. The Morgan fingerprint density at radius 2 is 0.981 bits per heavy atom. The largest absolute Gasteiger partial charge is 0.514 e. The number of hydrogen-bond acceptors (Lipinski definition) is 10. The number of rotatable bonds is 4. The normalized spacial score (nSPS) is 13.0. The highest BCUT2D eigenvalue weighted by Gasteiger charge is 2.36. The number of carbonyl (C=O) groups is 3. The van der Waals surface area contributed by atoms with Gasteiger partial charge in [0.05, 0.1) is 3.57 Å². The molecule has 1 aliphatic rings. The molecule has 282 valence electrons. The molecule has 5 aromatic rings. The second-order valence-corrected chi connectivity index (χ2v) is 18.2. The highest BCUT2D eigenvalue weighted by Crippen LogP contribution is 2.55. The van der Waals surface area contributed by atoms with Gasteiger partial charge >= 0.3 is 18.5 Å². The molecule has 0 atom stereocenters. The SMILES string of the molecule is CC(C)(C)OC(=O)Oc1ccc2c3c(ccc2c1)Oc1ccc2cc(OC(=O)OC(C)(C)C)ccc2c1C3c1cc(I)cc(I)c1OC(=O)OC(C)(C)C. The van der Waals surface area contributed by atoms with Gasteiger partial charge in [-0.15, -0.1) is 0 Å². The molecule has 0 amide bonds. The summed E-state index contributed by atoms with van der Waals surface area (Å²) >= 11 is 4.43. The molecule has 1 heterocycles. The number of benzene rings is 5. The fourth-order valence-electron chi connectivity index (χ4n) is 6.09. The van der Waals surface area contributed by atoms with E-state index in [0.717, 1.165) is 36.2 Å². The van der Waals surface area contributed by atoms with Gasteiger partial charge in [0.1, 0.15) is 39.8 Å². The maximum atomic E-state index is 13.3. The van der Waals surface area contributed by atoms with Gasteiger partial charge < -0.3 is 33.2 Å². The van der Waals surface area contributed by atoms with Crippen LogP contribution in [0.2, 0.25) is 0 Å². The molecule has 5 aromatic carbocycles. The third kappa shape index (κ3) is 9.13. The molecule has 0 saturated carbocycles. The number of ether oxygens (including phenoxy) is 7. The van der Waals surface area contributed by atoms with Crippen molar-refractivity contribution in [2.45, 2.75) is 85.0 Å². The minimum absolute atomic E-state index is 0.311. The molecule has 0 saturated heterocycles. The minimum Gasteiger partial charge on any atom is -0.457 e. The summed E-state index contributed by atoms with van der Waals surface area (Å²) in [6, 6.07) is 22.2. The van der Waals surface area contributed by atoms with E-state index in [9.17, 15) is 14.4 Å². The van der Waals surface area contributed by atoms with Crippen LogP contribution in [0.3, 0.4) is 0 Å². The van der Waals surface area contributed by atoms with E-state index in [2.05, 4.69) is 45.2 Å². The van der Waals surface area contributed by atoms with Gasteiger partial charge in [0, 0.05) is 26.2 Å². The zero-order chi connectivity index (χ0) is 39.3. The van der Waals surface area contributed by atoms with Crippen LogP contribution < -0.4 is 18.9 Å². The summed E-state index contributed by atoms with van der Waals surface area (Å²) in [4.78, 5) is 38.4. The van der Waals surface area contributed by atoms with E-state index < -0.39 is 41.2 Å². The van der Waals surface area contributed by atoms with Gasteiger partial charge in [-0.05, 0) is 178 Å². The molecule has 0 bridgehead atoms. The predicted molar refractivity (Wildman–Crippen MR) is 221 cm³/mol. The summed E-state index contributed by atoms with van der Waals surface area (Å²) in [6.45, 7) is 15.9. The molecule has 0 fully saturated rings. The third-order valence-corrected chi connectivity index (χ3v) is 9.31. The van der Waals surface area contributed by atoms with Crippen LogP contribution in [0.5, 0.6) is 28.7 Å². The maximum Gasteiger partial charge on any atom is 0.514 e. The first-order valence-electron chi connectivity index (χ1n) is 17.2. The van der Waals surface area contributed by atoms with Gasteiger partial charge in [0.25, 0.3) is 0 Å². The Bertz CT molecular complexity index is 2190. The van der Waals surface area contributed by atoms with Crippen molar-refractivity contribution in [2.24, 2.45) is 0 Å². The lowest BCUT2D eigenvalue weighted by molar-refractivity contribution is 0.0190. The lowest BCUT2D eigenvalue weighted by Gasteiger charge is -2.32. The van der Waals surface area contributed by atoms with Crippen LogP contribution >= 0.6 is 45.2 Å². The summed E-state index contributed by atoms with van der Waals surface area (Å²) in [7, 11) is 0. The predicted octanol–water partition coefficient (Wildman–Crippen LogP) is 12.4. The molecule has 0 unspecified atom stereocenters. The molecule has 12 heteroatoms. The summed E-state index contributed by atoms with van der Waals surface area (Å²) in [6.07, 6.45) is -2.46. The fourth-order valence-corrected chi connectivity index (χ4v) is 8.09. The molecule has 10 nitrogen and oxygen atoms in total. The summed E-state index contributed by atoms with van der Waals surface area (Å²) < 4.78 is 41.8. The van der Waals surface area contributed by atoms with E-state index in [0.29, 0.717) is 37.9 Å². The van der Waals surface area contributed by atoms with Gasteiger partial charge in [-0.1, -0.05) is 24.3 Å². The van der Waals surface area contributed by atoms with E-state index in [-0.39, 0.29) is 0 Å². The molecule has 6 rings (SSSR count). The third-order valence-electron chi connectivity index (χ3n) is 7.89. The van der Waals surface area contributed by atoms with E-state index in [1.165, 1.54) is 0 Å². The maximum absolute atomic E-state index is 13.3. The Hall–Kier alpha value is -4.31. The Labute approximate surface area is 341 Å². The Morgan fingerprint density at radius 3 is 1.41 bits per heavy atom. The monoisotopic (exact) mass is 958 g/mol. The first-order chi connectivity index (χ1) is 25.1. The van der Waals surface area contributed by atoms with Crippen LogP contribution in [0.1, 0.15) is 84.9 Å². The first-order valence-corrected chi connectivity index (χ1v) is 19.3. The molecule has 1 aliphatic heterocycles. The quantitative estimate of drug-likeness (QED) is 0.0732.